The van der Waals surface area contributed by atoms with Crippen molar-refractivity contribution in [3.05, 3.63) is 69.7 Å². The summed E-state index contributed by atoms with van der Waals surface area (Å²) < 4.78 is 5.77. The van der Waals surface area contributed by atoms with E-state index in [1.54, 1.807) is 30.3 Å². The SMILES string of the molecule is C[C@H]1CN(C(=O)c2ccccc2)O[C@H](c2ccc(Cl)cc2Cl)O1. The smallest absolute Gasteiger partial charge is 0.277 e. The molecule has 0 spiro atoms. The van der Waals surface area contributed by atoms with Gasteiger partial charge in [0.1, 0.15) is 0 Å². The molecule has 120 valence electrons. The number of nitrogens with zero attached hydrogens (tertiary/aromatic N) is 1. The first-order valence-corrected chi connectivity index (χ1v) is 7.94. The Morgan fingerprint density at radius 1 is 1.17 bits per heavy atom. The zero-order chi connectivity index (χ0) is 16.4. The third-order valence-electron chi connectivity index (χ3n) is 3.47. The molecule has 6 heteroatoms. The first kappa shape index (κ1) is 16.3. The Morgan fingerprint density at radius 3 is 2.61 bits per heavy atom. The molecule has 0 bridgehead atoms. The van der Waals surface area contributed by atoms with Crippen LogP contribution in [0.15, 0.2) is 48.5 Å². The van der Waals surface area contributed by atoms with Crippen LogP contribution in [0.5, 0.6) is 0 Å². The molecular weight excluding hydrogens is 337 g/mol. The Balaban J connectivity index is 1.83. The van der Waals surface area contributed by atoms with Gasteiger partial charge in [-0.25, -0.2) is 9.90 Å². The Labute approximate surface area is 144 Å². The van der Waals surface area contributed by atoms with Crippen molar-refractivity contribution in [2.24, 2.45) is 0 Å². The molecule has 1 aliphatic rings. The molecule has 0 aliphatic carbocycles. The van der Waals surface area contributed by atoms with Crippen LogP contribution in [0, 0.1) is 0 Å². The lowest BCUT2D eigenvalue weighted by Crippen LogP contribution is -2.44. The molecule has 4 nitrogen and oxygen atoms in total. The molecule has 0 saturated carbocycles. The largest absolute Gasteiger partial charge is 0.341 e. The van der Waals surface area contributed by atoms with Gasteiger partial charge in [-0.2, -0.15) is 0 Å². The number of ether oxygens (including phenoxy) is 1. The molecule has 0 N–H and O–H groups in total. The first-order chi connectivity index (χ1) is 11.0. The summed E-state index contributed by atoms with van der Waals surface area (Å²) in [4.78, 5) is 18.3. The third kappa shape index (κ3) is 3.67. The van der Waals surface area contributed by atoms with Gasteiger partial charge in [-0.3, -0.25) is 4.79 Å². The fourth-order valence-electron chi connectivity index (χ4n) is 2.35. The topological polar surface area (TPSA) is 38.8 Å². The second-order valence-electron chi connectivity index (χ2n) is 5.28. The summed E-state index contributed by atoms with van der Waals surface area (Å²) in [6, 6.07) is 14.0. The molecule has 2 aromatic carbocycles. The van der Waals surface area contributed by atoms with Gasteiger partial charge in [0.15, 0.2) is 0 Å². The van der Waals surface area contributed by atoms with Gasteiger partial charge in [-0.15, -0.1) is 0 Å². The molecule has 0 unspecified atom stereocenters. The maximum atomic E-state index is 12.6. The number of hydroxylamine groups is 2. The number of hydrogen-bond donors (Lipinski definition) is 0. The highest BCUT2D eigenvalue weighted by atomic mass is 35.5. The van der Waals surface area contributed by atoms with Crippen LogP contribution in [0.25, 0.3) is 0 Å². The van der Waals surface area contributed by atoms with E-state index in [0.29, 0.717) is 27.7 Å². The van der Waals surface area contributed by atoms with Crippen molar-refractivity contribution in [3.8, 4) is 0 Å². The van der Waals surface area contributed by atoms with Crippen LogP contribution in [0.4, 0.5) is 0 Å². The number of hydrogen-bond acceptors (Lipinski definition) is 3. The van der Waals surface area contributed by atoms with Crippen LogP contribution in [0.2, 0.25) is 10.0 Å². The van der Waals surface area contributed by atoms with Crippen LogP contribution in [0.1, 0.15) is 29.1 Å². The molecule has 0 aromatic heterocycles. The maximum absolute atomic E-state index is 12.6. The third-order valence-corrected chi connectivity index (χ3v) is 4.03. The Hall–Kier alpha value is -1.59. The van der Waals surface area contributed by atoms with Gasteiger partial charge in [0.05, 0.1) is 17.7 Å². The zero-order valence-corrected chi connectivity index (χ0v) is 13.9. The standard InChI is InChI=1S/C17H15Cl2NO3/c1-11-10-20(16(21)12-5-3-2-4-6-12)23-17(22-11)14-8-7-13(18)9-15(14)19/h2-9,11,17H,10H2,1H3/t11-,17+/m0/s1. The van der Waals surface area contributed by atoms with Crippen LogP contribution in [-0.4, -0.2) is 23.6 Å². The number of amides is 1. The number of carbonyl (C=O) groups is 1. The van der Waals surface area contributed by atoms with Gasteiger partial charge >= 0.3 is 0 Å². The number of halogens is 2. The monoisotopic (exact) mass is 351 g/mol. The van der Waals surface area contributed by atoms with E-state index < -0.39 is 6.29 Å². The van der Waals surface area contributed by atoms with Gasteiger partial charge in [-0.05, 0) is 31.2 Å². The molecule has 1 aliphatic heterocycles. The van der Waals surface area contributed by atoms with Gasteiger partial charge in [-0.1, -0.05) is 47.5 Å². The van der Waals surface area contributed by atoms with E-state index in [4.69, 9.17) is 32.8 Å². The van der Waals surface area contributed by atoms with E-state index in [-0.39, 0.29) is 12.0 Å². The molecule has 3 rings (SSSR count). The van der Waals surface area contributed by atoms with Gasteiger partial charge in [0.25, 0.3) is 5.91 Å². The molecule has 1 fully saturated rings. The Bertz CT molecular complexity index is 708. The van der Waals surface area contributed by atoms with E-state index in [1.807, 2.05) is 25.1 Å². The van der Waals surface area contributed by atoms with Crippen molar-refractivity contribution in [1.82, 2.24) is 5.06 Å². The molecule has 0 radical (unpaired) electrons. The van der Waals surface area contributed by atoms with Crippen LogP contribution in [0.3, 0.4) is 0 Å². The van der Waals surface area contributed by atoms with E-state index in [2.05, 4.69) is 0 Å². The lowest BCUT2D eigenvalue weighted by atomic mass is 10.2. The van der Waals surface area contributed by atoms with Gasteiger partial charge in [0, 0.05) is 16.1 Å². The fourth-order valence-corrected chi connectivity index (χ4v) is 2.85. The highest BCUT2D eigenvalue weighted by Gasteiger charge is 2.32. The normalized spacial score (nSPS) is 21.3. The molecule has 2 aromatic rings. The van der Waals surface area contributed by atoms with Crippen molar-refractivity contribution >= 4 is 29.1 Å². The highest BCUT2D eigenvalue weighted by molar-refractivity contribution is 6.35. The Morgan fingerprint density at radius 2 is 1.91 bits per heavy atom. The summed E-state index contributed by atoms with van der Waals surface area (Å²) in [7, 11) is 0. The van der Waals surface area contributed by atoms with E-state index >= 15 is 0 Å². The predicted molar refractivity (Wildman–Crippen MR) is 88.3 cm³/mol. The zero-order valence-electron chi connectivity index (χ0n) is 12.4. The summed E-state index contributed by atoms with van der Waals surface area (Å²) in [5, 5.41) is 2.28. The second-order valence-corrected chi connectivity index (χ2v) is 6.13. The van der Waals surface area contributed by atoms with Gasteiger partial charge < -0.3 is 4.74 Å². The predicted octanol–water partition coefficient (Wildman–Crippen LogP) is 4.48. The highest BCUT2D eigenvalue weighted by Crippen LogP contribution is 2.33. The summed E-state index contributed by atoms with van der Waals surface area (Å²) in [5.74, 6) is -0.212. The van der Waals surface area contributed by atoms with Crippen molar-refractivity contribution in [1.29, 1.82) is 0 Å². The van der Waals surface area contributed by atoms with Crippen LogP contribution < -0.4 is 0 Å². The van der Waals surface area contributed by atoms with E-state index in [0.717, 1.165) is 0 Å². The van der Waals surface area contributed by atoms with Gasteiger partial charge in [0.2, 0.25) is 6.29 Å². The summed E-state index contributed by atoms with van der Waals surface area (Å²) in [6.07, 6.45) is -0.940. The van der Waals surface area contributed by atoms with Crippen molar-refractivity contribution < 1.29 is 14.4 Å². The fraction of sp³-hybridized carbons (Fsp3) is 0.235. The molecular formula is C17H15Cl2NO3. The second kappa shape index (κ2) is 6.89. The Kier molecular flexibility index (Phi) is 4.87. The van der Waals surface area contributed by atoms with Crippen molar-refractivity contribution in [2.75, 3.05) is 6.54 Å². The maximum Gasteiger partial charge on any atom is 0.277 e. The number of carbonyl (C=O) groups excluding carboxylic acids is 1. The summed E-state index contributed by atoms with van der Waals surface area (Å²) in [6.45, 7) is 2.22. The minimum atomic E-state index is -0.754. The lowest BCUT2D eigenvalue weighted by molar-refractivity contribution is -0.320. The summed E-state index contributed by atoms with van der Waals surface area (Å²) >= 11 is 12.1. The number of rotatable bonds is 2. The minimum Gasteiger partial charge on any atom is -0.341 e. The number of benzene rings is 2. The average Bonchev–Trinajstić information content (AvgIpc) is 2.54. The van der Waals surface area contributed by atoms with Crippen molar-refractivity contribution in [3.63, 3.8) is 0 Å². The van der Waals surface area contributed by atoms with Crippen LogP contribution in [-0.2, 0) is 9.57 Å². The molecule has 2 atom stereocenters. The molecule has 23 heavy (non-hydrogen) atoms. The average molecular weight is 352 g/mol. The first-order valence-electron chi connectivity index (χ1n) is 7.18. The minimum absolute atomic E-state index is 0.187. The molecule has 1 saturated heterocycles. The summed E-state index contributed by atoms with van der Waals surface area (Å²) in [5.41, 5.74) is 1.19. The van der Waals surface area contributed by atoms with Crippen molar-refractivity contribution in [2.45, 2.75) is 19.3 Å². The van der Waals surface area contributed by atoms with E-state index in [1.165, 1.54) is 5.06 Å². The quantitative estimate of drug-likeness (QED) is 0.800. The van der Waals surface area contributed by atoms with E-state index in [9.17, 15) is 4.79 Å². The van der Waals surface area contributed by atoms with Crippen LogP contribution >= 0.6 is 23.2 Å². The molecule has 1 heterocycles. The molecule has 1 amide bonds. The lowest BCUT2D eigenvalue weighted by Gasteiger charge is -2.36.